The molecular formula is C31H44O2. The van der Waals surface area contributed by atoms with Gasteiger partial charge in [0.05, 0.1) is 5.56 Å². The van der Waals surface area contributed by atoms with Crippen molar-refractivity contribution >= 4 is 5.97 Å². The molecule has 1 aliphatic carbocycles. The summed E-state index contributed by atoms with van der Waals surface area (Å²) in [6.45, 7) is 4.50. The van der Waals surface area contributed by atoms with Crippen molar-refractivity contribution in [2.24, 2.45) is 5.92 Å². The largest absolute Gasteiger partial charge is 0.423 e. The van der Waals surface area contributed by atoms with Crippen molar-refractivity contribution in [2.45, 2.75) is 110 Å². The van der Waals surface area contributed by atoms with E-state index in [0.29, 0.717) is 17.2 Å². The summed E-state index contributed by atoms with van der Waals surface area (Å²) in [4.78, 5) is 12.6. The molecule has 0 aliphatic heterocycles. The van der Waals surface area contributed by atoms with Crippen LogP contribution in [0.25, 0.3) is 0 Å². The zero-order valence-electron chi connectivity index (χ0n) is 21.0. The summed E-state index contributed by atoms with van der Waals surface area (Å²) in [6.07, 6.45) is 18.4. The molecule has 0 heterocycles. The predicted molar refractivity (Wildman–Crippen MR) is 139 cm³/mol. The van der Waals surface area contributed by atoms with E-state index < -0.39 is 0 Å². The van der Waals surface area contributed by atoms with Gasteiger partial charge in [-0.3, -0.25) is 0 Å². The first-order chi connectivity index (χ1) is 16.2. The maximum absolute atomic E-state index is 12.6. The van der Waals surface area contributed by atoms with Crippen LogP contribution < -0.4 is 4.74 Å². The summed E-state index contributed by atoms with van der Waals surface area (Å²) in [5, 5.41) is 0. The minimum Gasteiger partial charge on any atom is -0.423 e. The highest BCUT2D eigenvalue weighted by molar-refractivity contribution is 5.91. The van der Waals surface area contributed by atoms with Gasteiger partial charge >= 0.3 is 5.97 Å². The summed E-state index contributed by atoms with van der Waals surface area (Å²) in [6, 6.07) is 16.1. The molecule has 0 saturated heterocycles. The monoisotopic (exact) mass is 448 g/mol. The summed E-state index contributed by atoms with van der Waals surface area (Å²) in [5.41, 5.74) is 3.31. The van der Waals surface area contributed by atoms with E-state index in [4.69, 9.17) is 4.74 Å². The van der Waals surface area contributed by atoms with Crippen molar-refractivity contribution in [1.82, 2.24) is 0 Å². The van der Waals surface area contributed by atoms with E-state index in [0.717, 1.165) is 12.3 Å². The number of rotatable bonds is 13. The number of aryl methyl sites for hydroxylation is 1. The summed E-state index contributed by atoms with van der Waals surface area (Å²) in [5.74, 6) is 1.92. The van der Waals surface area contributed by atoms with E-state index in [9.17, 15) is 4.79 Å². The zero-order valence-corrected chi connectivity index (χ0v) is 21.0. The van der Waals surface area contributed by atoms with E-state index in [1.165, 1.54) is 94.6 Å². The minimum absolute atomic E-state index is 0.271. The maximum Gasteiger partial charge on any atom is 0.343 e. The Bertz CT molecular complexity index is 798. The van der Waals surface area contributed by atoms with Crippen molar-refractivity contribution in [3.8, 4) is 5.75 Å². The molecule has 2 aromatic carbocycles. The van der Waals surface area contributed by atoms with Gasteiger partial charge in [0.1, 0.15) is 5.75 Å². The first-order valence-electron chi connectivity index (χ1n) is 13.6. The Kier molecular flexibility index (Phi) is 11.0. The molecule has 2 aromatic rings. The second-order valence-corrected chi connectivity index (χ2v) is 10.0. The van der Waals surface area contributed by atoms with E-state index in [1.807, 2.05) is 24.3 Å². The average Bonchev–Trinajstić information content (AvgIpc) is 2.86. The van der Waals surface area contributed by atoms with Crippen LogP contribution in [0.5, 0.6) is 5.75 Å². The van der Waals surface area contributed by atoms with Crippen LogP contribution in [0.2, 0.25) is 0 Å². The molecule has 0 atom stereocenters. The van der Waals surface area contributed by atoms with Crippen molar-refractivity contribution in [3.05, 3.63) is 65.2 Å². The van der Waals surface area contributed by atoms with Gasteiger partial charge in [0, 0.05) is 0 Å². The van der Waals surface area contributed by atoms with Gasteiger partial charge < -0.3 is 4.74 Å². The second kappa shape index (κ2) is 14.2. The molecule has 0 amide bonds. The lowest BCUT2D eigenvalue weighted by atomic mass is 9.77. The Balaban J connectivity index is 1.42. The molecule has 180 valence electrons. The van der Waals surface area contributed by atoms with Crippen LogP contribution in [-0.2, 0) is 6.42 Å². The van der Waals surface area contributed by atoms with Crippen LogP contribution in [0.1, 0.15) is 125 Å². The Morgan fingerprint density at radius 1 is 0.758 bits per heavy atom. The quantitative estimate of drug-likeness (QED) is 0.173. The highest BCUT2D eigenvalue weighted by Gasteiger charge is 2.22. The number of ether oxygens (including phenoxy) is 1. The smallest absolute Gasteiger partial charge is 0.343 e. The topological polar surface area (TPSA) is 26.3 Å². The molecule has 1 fully saturated rings. The van der Waals surface area contributed by atoms with Gasteiger partial charge in [-0.1, -0.05) is 89.5 Å². The highest BCUT2D eigenvalue weighted by Crippen LogP contribution is 2.37. The number of hydrogen-bond acceptors (Lipinski definition) is 2. The fourth-order valence-electron chi connectivity index (χ4n) is 5.18. The number of carbonyl (C=O) groups excluding carboxylic acids is 1. The number of esters is 1. The lowest BCUT2D eigenvalue weighted by Crippen LogP contribution is -2.14. The summed E-state index contributed by atoms with van der Waals surface area (Å²) >= 11 is 0. The average molecular weight is 449 g/mol. The van der Waals surface area contributed by atoms with Crippen LogP contribution in [0.4, 0.5) is 0 Å². The van der Waals surface area contributed by atoms with Gasteiger partial charge in [0.15, 0.2) is 0 Å². The normalized spacial score (nSPS) is 18.2. The Hall–Kier alpha value is -2.09. The van der Waals surface area contributed by atoms with E-state index in [-0.39, 0.29) is 5.97 Å². The van der Waals surface area contributed by atoms with E-state index in [1.54, 1.807) is 0 Å². The van der Waals surface area contributed by atoms with Gasteiger partial charge in [0.2, 0.25) is 0 Å². The van der Waals surface area contributed by atoms with Gasteiger partial charge in [-0.15, -0.1) is 0 Å². The lowest BCUT2D eigenvalue weighted by molar-refractivity contribution is 0.0734. The van der Waals surface area contributed by atoms with Gasteiger partial charge in [0.25, 0.3) is 0 Å². The van der Waals surface area contributed by atoms with Crippen molar-refractivity contribution in [1.29, 1.82) is 0 Å². The molecule has 0 N–H and O–H groups in total. The third-order valence-electron chi connectivity index (χ3n) is 7.38. The number of unbranched alkanes of at least 4 members (excludes halogenated alkanes) is 6. The fraction of sp³-hybridized carbons (Fsp3) is 0.581. The molecule has 2 heteroatoms. The Morgan fingerprint density at radius 2 is 1.39 bits per heavy atom. The first-order valence-corrected chi connectivity index (χ1v) is 13.6. The Labute approximate surface area is 202 Å². The van der Waals surface area contributed by atoms with Crippen molar-refractivity contribution < 1.29 is 9.53 Å². The SMILES string of the molecule is CCCCCCCC1CCC(c2ccc(C(=O)Oc3ccc(CCCCC)cc3)cc2)CC1. The number of carbonyl (C=O) groups is 1. The summed E-state index contributed by atoms with van der Waals surface area (Å²) in [7, 11) is 0. The third-order valence-corrected chi connectivity index (χ3v) is 7.38. The first kappa shape index (κ1) is 25.5. The zero-order chi connectivity index (χ0) is 23.3. The molecule has 0 bridgehead atoms. The number of benzene rings is 2. The third kappa shape index (κ3) is 8.65. The molecule has 0 aromatic heterocycles. The molecule has 0 spiro atoms. The van der Waals surface area contributed by atoms with Crippen molar-refractivity contribution in [2.75, 3.05) is 0 Å². The highest BCUT2D eigenvalue weighted by atomic mass is 16.5. The molecule has 0 radical (unpaired) electrons. The van der Waals surface area contributed by atoms with Crippen LogP contribution >= 0.6 is 0 Å². The molecular weight excluding hydrogens is 404 g/mol. The standard InChI is InChI=1S/C31H44O2/c1-3-5-7-8-10-12-25-13-17-27(18-14-25)28-19-21-29(22-20-28)31(32)33-30-23-15-26(16-24-30)11-9-6-4-2/h15-16,19-25,27H,3-14,17-18H2,1-2H3. The molecule has 1 saturated carbocycles. The van der Waals surface area contributed by atoms with Crippen LogP contribution in [0, 0.1) is 5.92 Å². The molecule has 2 nitrogen and oxygen atoms in total. The predicted octanol–water partition coefficient (Wildman–Crippen LogP) is 9.27. The van der Waals surface area contributed by atoms with Crippen molar-refractivity contribution in [3.63, 3.8) is 0 Å². The van der Waals surface area contributed by atoms with Gasteiger partial charge in [-0.2, -0.15) is 0 Å². The van der Waals surface area contributed by atoms with Crippen LogP contribution in [-0.4, -0.2) is 5.97 Å². The molecule has 0 unspecified atom stereocenters. The van der Waals surface area contributed by atoms with E-state index in [2.05, 4.69) is 38.1 Å². The van der Waals surface area contributed by atoms with Gasteiger partial charge in [-0.05, 0) is 85.8 Å². The molecule has 1 aliphatic rings. The van der Waals surface area contributed by atoms with Gasteiger partial charge in [-0.25, -0.2) is 4.79 Å². The molecule has 3 rings (SSSR count). The summed E-state index contributed by atoms with van der Waals surface area (Å²) < 4.78 is 5.60. The number of hydrogen-bond donors (Lipinski definition) is 0. The van der Waals surface area contributed by atoms with E-state index >= 15 is 0 Å². The van der Waals surface area contributed by atoms with Crippen LogP contribution in [0.15, 0.2) is 48.5 Å². The maximum atomic E-state index is 12.6. The molecule has 33 heavy (non-hydrogen) atoms. The fourth-order valence-corrected chi connectivity index (χ4v) is 5.18. The van der Waals surface area contributed by atoms with Crippen LogP contribution in [0.3, 0.4) is 0 Å². The minimum atomic E-state index is -0.271. The lowest BCUT2D eigenvalue weighted by Gasteiger charge is -2.29. The Morgan fingerprint density at radius 3 is 2.06 bits per heavy atom. The second-order valence-electron chi connectivity index (χ2n) is 10.0.